The van der Waals surface area contributed by atoms with E-state index in [-0.39, 0.29) is 18.8 Å². The molecule has 7 nitrogen and oxygen atoms in total. The predicted molar refractivity (Wildman–Crippen MR) is 92.9 cm³/mol. The van der Waals surface area contributed by atoms with Crippen LogP contribution in [0.4, 0.5) is 0 Å². The van der Waals surface area contributed by atoms with E-state index in [4.69, 9.17) is 14.0 Å². The second kappa shape index (κ2) is 7.81. The first-order valence-corrected chi connectivity index (χ1v) is 9.15. The number of hydrogen-bond donors (Lipinski definition) is 2. The van der Waals surface area contributed by atoms with E-state index in [1.165, 1.54) is 0 Å². The first kappa shape index (κ1) is 18.5. The van der Waals surface area contributed by atoms with Gasteiger partial charge < -0.3 is 14.6 Å². The zero-order chi connectivity index (χ0) is 17.7. The topological polar surface area (TPSA) is 110 Å². The Labute approximate surface area is 152 Å². The van der Waals surface area contributed by atoms with Gasteiger partial charge in [0.1, 0.15) is 29.6 Å². The van der Waals surface area contributed by atoms with Crippen molar-refractivity contribution in [2.24, 2.45) is 0 Å². The molecular formula is C15H13IO7S. The lowest BCUT2D eigenvalue weighted by atomic mass is 10.2. The fourth-order valence-corrected chi connectivity index (χ4v) is 2.69. The van der Waals surface area contributed by atoms with Gasteiger partial charge in [-0.2, -0.15) is 8.42 Å². The van der Waals surface area contributed by atoms with Crippen molar-refractivity contribution in [3.63, 3.8) is 0 Å². The van der Waals surface area contributed by atoms with Crippen LogP contribution in [0, 0.1) is 3.57 Å². The van der Waals surface area contributed by atoms with Gasteiger partial charge in [0.2, 0.25) is 0 Å². The lowest BCUT2D eigenvalue weighted by molar-refractivity contribution is 0.0450. The molecule has 0 atom stereocenters. The van der Waals surface area contributed by atoms with Gasteiger partial charge in [-0.15, -0.1) is 0 Å². The van der Waals surface area contributed by atoms with Crippen LogP contribution in [0.15, 0.2) is 47.4 Å². The molecule has 128 valence electrons. The van der Waals surface area contributed by atoms with Crippen molar-refractivity contribution in [1.82, 2.24) is 0 Å². The Morgan fingerprint density at radius 3 is 2.33 bits per heavy atom. The summed E-state index contributed by atoms with van der Waals surface area (Å²) in [7, 11) is -4.55. The largest absolute Gasteiger partial charge is 0.506 e. The number of hydrogen-bond acceptors (Lipinski definition) is 6. The molecule has 0 aliphatic rings. The van der Waals surface area contributed by atoms with Crippen LogP contribution in [0.3, 0.4) is 0 Å². The number of esters is 1. The number of phenolic OH excluding ortho intramolecular Hbond substituents is 1. The molecule has 0 unspecified atom stereocenters. The van der Waals surface area contributed by atoms with Crippen LogP contribution in [-0.2, 0) is 14.9 Å². The van der Waals surface area contributed by atoms with E-state index in [2.05, 4.69) is 22.6 Å². The summed E-state index contributed by atoms with van der Waals surface area (Å²) in [5.74, 6) is -0.845. The first-order valence-electron chi connectivity index (χ1n) is 6.63. The number of benzene rings is 2. The number of rotatable bonds is 6. The van der Waals surface area contributed by atoms with Crippen molar-refractivity contribution in [2.75, 3.05) is 13.2 Å². The van der Waals surface area contributed by atoms with Crippen LogP contribution in [0.25, 0.3) is 0 Å². The van der Waals surface area contributed by atoms with Gasteiger partial charge in [0, 0.05) is 3.57 Å². The normalized spacial score (nSPS) is 11.1. The predicted octanol–water partition coefficient (Wildman–Crippen LogP) is 2.48. The molecule has 0 spiro atoms. The Kier molecular flexibility index (Phi) is 6.02. The summed E-state index contributed by atoms with van der Waals surface area (Å²) in [4.78, 5) is 11.1. The Hall–Kier alpha value is -1.85. The summed E-state index contributed by atoms with van der Waals surface area (Å²) in [5.41, 5.74) is -0.0471. The highest BCUT2D eigenvalue weighted by atomic mass is 127. The van der Waals surface area contributed by atoms with E-state index in [0.717, 1.165) is 21.8 Å². The summed E-state index contributed by atoms with van der Waals surface area (Å²) in [6.45, 7) is 0.118. The highest BCUT2D eigenvalue weighted by molar-refractivity contribution is 14.1. The van der Waals surface area contributed by atoms with Crippen LogP contribution >= 0.6 is 22.6 Å². The number of ether oxygens (including phenoxy) is 2. The van der Waals surface area contributed by atoms with Crippen molar-refractivity contribution < 1.29 is 32.3 Å². The molecule has 2 rings (SSSR count). The number of carbonyl (C=O) groups excluding carboxylic acids is 1. The van der Waals surface area contributed by atoms with Gasteiger partial charge in [-0.3, -0.25) is 4.55 Å². The van der Waals surface area contributed by atoms with Gasteiger partial charge in [-0.1, -0.05) is 0 Å². The van der Waals surface area contributed by atoms with Gasteiger partial charge in [0.15, 0.2) is 0 Å². The quantitative estimate of drug-likeness (QED) is 0.293. The lowest BCUT2D eigenvalue weighted by Gasteiger charge is -2.08. The Morgan fingerprint density at radius 2 is 1.75 bits per heavy atom. The number of carbonyl (C=O) groups is 1. The summed E-state index contributed by atoms with van der Waals surface area (Å²) in [6.07, 6.45) is 0. The van der Waals surface area contributed by atoms with Crippen molar-refractivity contribution in [3.8, 4) is 11.5 Å². The molecular weight excluding hydrogens is 451 g/mol. The molecule has 0 bridgehead atoms. The molecule has 0 amide bonds. The smallest absolute Gasteiger partial charge is 0.338 e. The van der Waals surface area contributed by atoms with Gasteiger partial charge in [0.05, 0.1) is 5.56 Å². The number of aromatic hydroxyl groups is 1. The molecule has 2 aromatic rings. The van der Waals surface area contributed by atoms with Crippen molar-refractivity contribution >= 4 is 38.7 Å². The van der Waals surface area contributed by atoms with Crippen molar-refractivity contribution in [2.45, 2.75) is 4.90 Å². The summed E-state index contributed by atoms with van der Waals surface area (Å²) < 4.78 is 42.2. The Bertz CT molecular complexity index is 831. The second-order valence-electron chi connectivity index (χ2n) is 4.60. The molecule has 0 saturated heterocycles. The molecule has 0 radical (unpaired) electrons. The maximum Gasteiger partial charge on any atom is 0.338 e. The summed E-state index contributed by atoms with van der Waals surface area (Å²) >= 11 is 2.17. The monoisotopic (exact) mass is 464 g/mol. The fourth-order valence-electron chi connectivity index (χ4n) is 1.77. The standard InChI is InChI=1S/C15H13IO7S/c16-11-2-4-12(5-3-11)22-7-8-23-15(18)10-1-6-14(13(17)9-10)24(19,20)21/h1-6,9,17H,7-8H2,(H,19,20,21). The van der Waals surface area contributed by atoms with E-state index in [1.807, 2.05) is 12.1 Å². The van der Waals surface area contributed by atoms with Gasteiger partial charge >= 0.3 is 5.97 Å². The number of phenols is 1. The highest BCUT2D eigenvalue weighted by Crippen LogP contribution is 2.23. The lowest BCUT2D eigenvalue weighted by Crippen LogP contribution is -2.12. The molecule has 9 heteroatoms. The van der Waals surface area contributed by atoms with Crippen LogP contribution in [0.2, 0.25) is 0 Å². The van der Waals surface area contributed by atoms with Gasteiger partial charge in [-0.05, 0) is 65.1 Å². The first-order chi connectivity index (χ1) is 11.3. The third-order valence-electron chi connectivity index (χ3n) is 2.87. The van der Waals surface area contributed by atoms with E-state index in [1.54, 1.807) is 12.1 Å². The molecule has 2 aromatic carbocycles. The molecule has 0 saturated carbocycles. The molecule has 0 aromatic heterocycles. The zero-order valence-electron chi connectivity index (χ0n) is 12.2. The molecule has 2 N–H and O–H groups in total. The minimum Gasteiger partial charge on any atom is -0.506 e. The maximum atomic E-state index is 11.8. The SMILES string of the molecule is O=C(OCCOc1ccc(I)cc1)c1ccc(S(=O)(=O)O)c(O)c1. The zero-order valence-corrected chi connectivity index (χ0v) is 15.2. The van der Waals surface area contributed by atoms with E-state index in [0.29, 0.717) is 5.75 Å². The third kappa shape index (κ3) is 5.08. The van der Waals surface area contributed by atoms with Crippen LogP contribution < -0.4 is 4.74 Å². The van der Waals surface area contributed by atoms with Crippen LogP contribution in [-0.4, -0.2) is 37.3 Å². The van der Waals surface area contributed by atoms with Crippen LogP contribution in [0.1, 0.15) is 10.4 Å². The average Bonchev–Trinajstić information content (AvgIpc) is 2.51. The van der Waals surface area contributed by atoms with Crippen molar-refractivity contribution in [1.29, 1.82) is 0 Å². The molecule has 24 heavy (non-hydrogen) atoms. The average molecular weight is 464 g/mol. The second-order valence-corrected chi connectivity index (χ2v) is 7.23. The van der Waals surface area contributed by atoms with E-state index in [9.17, 15) is 18.3 Å². The molecule has 0 heterocycles. The minimum atomic E-state index is -4.55. The summed E-state index contributed by atoms with van der Waals surface area (Å²) in [6, 6.07) is 10.3. The molecule has 0 aliphatic heterocycles. The van der Waals surface area contributed by atoms with Crippen molar-refractivity contribution in [3.05, 3.63) is 51.6 Å². The van der Waals surface area contributed by atoms with Gasteiger partial charge in [-0.25, -0.2) is 4.79 Å². The molecule has 0 fully saturated rings. The fraction of sp³-hybridized carbons (Fsp3) is 0.133. The Balaban J connectivity index is 1.88. The molecule has 0 aliphatic carbocycles. The Morgan fingerprint density at radius 1 is 1.08 bits per heavy atom. The maximum absolute atomic E-state index is 11.8. The number of halogens is 1. The highest BCUT2D eigenvalue weighted by Gasteiger charge is 2.18. The third-order valence-corrected chi connectivity index (χ3v) is 4.49. The van der Waals surface area contributed by atoms with E-state index < -0.39 is 26.7 Å². The van der Waals surface area contributed by atoms with E-state index >= 15 is 0 Å². The van der Waals surface area contributed by atoms with Gasteiger partial charge in [0.25, 0.3) is 10.1 Å². The van der Waals surface area contributed by atoms with Crippen LogP contribution in [0.5, 0.6) is 11.5 Å². The summed E-state index contributed by atoms with van der Waals surface area (Å²) in [5, 5.41) is 9.55. The minimum absolute atomic E-state index is 0.0222.